The van der Waals surface area contributed by atoms with E-state index in [9.17, 15) is 18.0 Å². The van der Waals surface area contributed by atoms with Gasteiger partial charge in [-0.15, -0.1) is 10.2 Å². The predicted molar refractivity (Wildman–Crippen MR) is 99.9 cm³/mol. The third-order valence-electron chi connectivity index (χ3n) is 4.70. The van der Waals surface area contributed by atoms with Gasteiger partial charge in [-0.1, -0.05) is 6.07 Å². The van der Waals surface area contributed by atoms with Crippen molar-refractivity contribution in [3.8, 4) is 17.4 Å². The van der Waals surface area contributed by atoms with Gasteiger partial charge in [0.15, 0.2) is 5.82 Å². The number of carbonyl (C=O) groups excluding carboxylic acids is 1. The van der Waals surface area contributed by atoms with Crippen LogP contribution in [0.15, 0.2) is 36.8 Å². The number of amides is 1. The van der Waals surface area contributed by atoms with Gasteiger partial charge in [0.25, 0.3) is 5.91 Å². The highest BCUT2D eigenvalue weighted by atomic mass is 19.4. The molecule has 4 heterocycles. The Morgan fingerprint density at radius 1 is 1.30 bits per heavy atom. The van der Waals surface area contributed by atoms with E-state index in [0.29, 0.717) is 30.6 Å². The molecule has 3 aromatic heterocycles. The highest BCUT2D eigenvalue weighted by Crippen LogP contribution is 2.32. The standard InChI is InChI=1S/C19H17F3N6O2/c1-11-4-3-7-30-18-13(8-12(9-23-18)19(20,21)22)17(29)26-15-6-2-5-14(25-15)16-27-24-10-28(11)16/h2,5-6,8-11H,3-4,7H2,1H3,(H,25,26,29)/t11-/m1/s1. The molecule has 0 fully saturated rings. The monoisotopic (exact) mass is 418 g/mol. The lowest BCUT2D eigenvalue weighted by Crippen LogP contribution is -2.18. The number of rotatable bonds is 0. The second kappa shape index (κ2) is 7.73. The molecule has 0 spiro atoms. The summed E-state index contributed by atoms with van der Waals surface area (Å²) in [4.78, 5) is 20.8. The molecule has 0 unspecified atom stereocenters. The van der Waals surface area contributed by atoms with Crippen molar-refractivity contribution in [1.82, 2.24) is 24.7 Å². The summed E-state index contributed by atoms with van der Waals surface area (Å²) in [6.07, 6.45) is -1.11. The first kappa shape index (κ1) is 19.8. The van der Waals surface area contributed by atoms with Crippen molar-refractivity contribution in [2.24, 2.45) is 0 Å². The number of carbonyl (C=O) groups is 1. The molecule has 0 radical (unpaired) electrons. The Kier molecular flexibility index (Phi) is 5.10. The minimum absolute atomic E-state index is 0.0293. The third kappa shape index (κ3) is 3.95. The van der Waals surface area contributed by atoms with Crippen molar-refractivity contribution in [1.29, 1.82) is 0 Å². The third-order valence-corrected chi connectivity index (χ3v) is 4.70. The molecule has 1 aliphatic heterocycles. The number of pyridine rings is 2. The van der Waals surface area contributed by atoms with Crippen LogP contribution in [0.3, 0.4) is 0 Å². The molecule has 1 amide bonds. The van der Waals surface area contributed by atoms with Crippen LogP contribution < -0.4 is 10.1 Å². The first-order valence-corrected chi connectivity index (χ1v) is 9.21. The highest BCUT2D eigenvalue weighted by Gasteiger charge is 2.33. The first-order valence-electron chi connectivity index (χ1n) is 9.21. The van der Waals surface area contributed by atoms with E-state index in [1.54, 1.807) is 18.5 Å². The molecule has 0 saturated heterocycles. The van der Waals surface area contributed by atoms with E-state index in [0.717, 1.165) is 6.07 Å². The van der Waals surface area contributed by atoms with Gasteiger partial charge in [0.05, 0.1) is 12.2 Å². The van der Waals surface area contributed by atoms with Crippen LogP contribution in [-0.4, -0.2) is 37.2 Å². The van der Waals surface area contributed by atoms with E-state index in [1.807, 2.05) is 11.5 Å². The van der Waals surface area contributed by atoms with Crippen LogP contribution in [-0.2, 0) is 6.18 Å². The van der Waals surface area contributed by atoms with Crippen molar-refractivity contribution in [2.75, 3.05) is 11.9 Å². The van der Waals surface area contributed by atoms with Gasteiger partial charge in [-0.05, 0) is 38.0 Å². The summed E-state index contributed by atoms with van der Waals surface area (Å²) >= 11 is 0. The predicted octanol–water partition coefficient (Wildman–Crippen LogP) is 3.74. The number of anilines is 1. The number of aromatic nitrogens is 5. The van der Waals surface area contributed by atoms with E-state index in [2.05, 4.69) is 25.5 Å². The van der Waals surface area contributed by atoms with E-state index in [4.69, 9.17) is 4.74 Å². The SMILES string of the molecule is C[C@@H]1CCCOc2ncc(C(F)(F)F)cc2C(=O)Nc2cccc(n2)-c2nncn21. The zero-order valence-corrected chi connectivity index (χ0v) is 15.8. The average molecular weight is 418 g/mol. The van der Waals surface area contributed by atoms with Crippen LogP contribution in [0, 0.1) is 0 Å². The molecule has 156 valence electrons. The van der Waals surface area contributed by atoms with Gasteiger partial charge in [0, 0.05) is 12.2 Å². The molecule has 0 saturated carbocycles. The van der Waals surface area contributed by atoms with Crippen molar-refractivity contribution in [3.05, 3.63) is 47.9 Å². The van der Waals surface area contributed by atoms with Crippen LogP contribution in [0.2, 0.25) is 0 Å². The van der Waals surface area contributed by atoms with Gasteiger partial charge in [0.1, 0.15) is 23.4 Å². The number of nitrogens with one attached hydrogen (secondary N) is 1. The summed E-state index contributed by atoms with van der Waals surface area (Å²) in [5, 5.41) is 10.6. The topological polar surface area (TPSA) is 94.8 Å². The normalized spacial score (nSPS) is 17.2. The van der Waals surface area contributed by atoms with Crippen molar-refractivity contribution in [3.63, 3.8) is 0 Å². The number of hydrogen-bond acceptors (Lipinski definition) is 6. The van der Waals surface area contributed by atoms with Crippen LogP contribution in [0.25, 0.3) is 11.5 Å². The Bertz CT molecular complexity index is 1080. The summed E-state index contributed by atoms with van der Waals surface area (Å²) in [7, 11) is 0. The number of ether oxygens (including phenoxy) is 1. The molecule has 3 aromatic rings. The molecule has 2 bridgehead atoms. The van der Waals surface area contributed by atoms with Crippen molar-refractivity contribution in [2.45, 2.75) is 32.0 Å². The molecule has 8 nitrogen and oxygen atoms in total. The second-order valence-corrected chi connectivity index (χ2v) is 6.84. The lowest BCUT2D eigenvalue weighted by Gasteiger charge is -2.17. The van der Waals surface area contributed by atoms with Crippen LogP contribution in [0.1, 0.15) is 41.7 Å². The van der Waals surface area contributed by atoms with E-state index >= 15 is 0 Å². The lowest BCUT2D eigenvalue weighted by atomic mass is 10.1. The summed E-state index contributed by atoms with van der Waals surface area (Å²) in [6.45, 7) is 2.18. The highest BCUT2D eigenvalue weighted by molar-refractivity contribution is 6.05. The number of hydrogen-bond donors (Lipinski definition) is 1. The minimum atomic E-state index is -4.64. The van der Waals surface area contributed by atoms with Crippen molar-refractivity contribution < 1.29 is 22.7 Å². The van der Waals surface area contributed by atoms with Gasteiger partial charge in [-0.3, -0.25) is 4.79 Å². The maximum absolute atomic E-state index is 13.1. The Morgan fingerprint density at radius 2 is 2.13 bits per heavy atom. The lowest BCUT2D eigenvalue weighted by molar-refractivity contribution is -0.137. The summed E-state index contributed by atoms with van der Waals surface area (Å²) in [5.41, 5.74) is -0.872. The van der Waals surface area contributed by atoms with Gasteiger partial charge < -0.3 is 14.6 Å². The quantitative estimate of drug-likeness (QED) is 0.598. The van der Waals surface area contributed by atoms with Gasteiger partial charge in [0.2, 0.25) is 5.88 Å². The Balaban J connectivity index is 1.77. The van der Waals surface area contributed by atoms with E-state index in [-0.39, 0.29) is 29.9 Å². The Morgan fingerprint density at radius 3 is 2.93 bits per heavy atom. The van der Waals surface area contributed by atoms with Gasteiger partial charge in [-0.2, -0.15) is 13.2 Å². The summed E-state index contributed by atoms with van der Waals surface area (Å²) in [6, 6.07) is 5.66. The number of halogens is 3. The molecule has 30 heavy (non-hydrogen) atoms. The zero-order chi connectivity index (χ0) is 21.3. The fraction of sp³-hybridized carbons (Fsp3) is 0.316. The Hall–Kier alpha value is -3.50. The Labute approximate surface area is 169 Å². The molecule has 0 aromatic carbocycles. The average Bonchev–Trinajstić information content (AvgIpc) is 3.20. The fourth-order valence-corrected chi connectivity index (χ4v) is 3.13. The molecule has 1 aliphatic rings. The number of alkyl halides is 3. The second-order valence-electron chi connectivity index (χ2n) is 6.84. The summed E-state index contributed by atoms with van der Waals surface area (Å²) < 4.78 is 46.8. The van der Waals surface area contributed by atoms with E-state index < -0.39 is 17.6 Å². The molecular weight excluding hydrogens is 401 g/mol. The summed E-state index contributed by atoms with van der Waals surface area (Å²) in [5.74, 6) is -0.287. The first-order chi connectivity index (χ1) is 14.3. The van der Waals surface area contributed by atoms with Gasteiger partial charge in [-0.25, -0.2) is 9.97 Å². The maximum Gasteiger partial charge on any atom is 0.417 e. The van der Waals surface area contributed by atoms with Gasteiger partial charge >= 0.3 is 6.18 Å². The molecular formula is C19H17F3N6O2. The molecule has 0 aliphatic carbocycles. The largest absolute Gasteiger partial charge is 0.477 e. The molecule has 4 rings (SSSR count). The van der Waals surface area contributed by atoms with Crippen LogP contribution in [0.4, 0.5) is 19.0 Å². The number of fused-ring (bicyclic) bond motifs is 5. The fourth-order valence-electron chi connectivity index (χ4n) is 3.13. The zero-order valence-electron chi connectivity index (χ0n) is 15.8. The molecule has 1 N–H and O–H groups in total. The van der Waals surface area contributed by atoms with Crippen molar-refractivity contribution >= 4 is 11.7 Å². The minimum Gasteiger partial charge on any atom is -0.477 e. The molecule has 1 atom stereocenters. The van der Waals surface area contributed by atoms with E-state index in [1.165, 1.54) is 6.07 Å². The smallest absolute Gasteiger partial charge is 0.417 e. The maximum atomic E-state index is 13.1. The number of nitrogens with zero attached hydrogens (tertiary/aromatic N) is 5. The van der Waals surface area contributed by atoms with Crippen LogP contribution in [0.5, 0.6) is 5.88 Å². The van der Waals surface area contributed by atoms with Crippen LogP contribution >= 0.6 is 0 Å². The molecule has 11 heteroatoms.